The molecule has 0 bridgehead atoms. The van der Waals surface area contributed by atoms with Gasteiger partial charge in [-0.2, -0.15) is 0 Å². The second-order valence-corrected chi connectivity index (χ2v) is 4.40. The van der Waals surface area contributed by atoms with Crippen molar-refractivity contribution in [3.63, 3.8) is 0 Å². The molecule has 0 fully saturated rings. The van der Waals surface area contributed by atoms with E-state index in [1.54, 1.807) is 6.08 Å². The van der Waals surface area contributed by atoms with Crippen LogP contribution in [0, 0.1) is 0 Å². The number of hydrogen-bond donors (Lipinski definition) is 1. The van der Waals surface area contributed by atoms with Crippen molar-refractivity contribution in [3.8, 4) is 0 Å². The first-order valence-electron chi connectivity index (χ1n) is 6.10. The summed E-state index contributed by atoms with van der Waals surface area (Å²) in [5.74, 6) is 0. The maximum absolute atomic E-state index is 10.3. The van der Waals surface area contributed by atoms with Crippen molar-refractivity contribution in [1.29, 1.82) is 0 Å². The summed E-state index contributed by atoms with van der Waals surface area (Å²) in [4.78, 5) is 0. The molecule has 88 valence electrons. The Bertz CT molecular complexity index is 304. The fourth-order valence-electron chi connectivity index (χ4n) is 1.82. The van der Waals surface area contributed by atoms with Gasteiger partial charge in [-0.25, -0.2) is 0 Å². The number of benzene rings is 1. The van der Waals surface area contributed by atoms with Crippen molar-refractivity contribution in [2.24, 2.45) is 0 Å². The summed E-state index contributed by atoms with van der Waals surface area (Å²) in [6.45, 7) is 5.89. The predicted molar refractivity (Wildman–Crippen MR) is 69.4 cm³/mol. The molecule has 1 heteroatoms. The van der Waals surface area contributed by atoms with Crippen molar-refractivity contribution >= 4 is 0 Å². The molecule has 1 aromatic rings. The van der Waals surface area contributed by atoms with Gasteiger partial charge in [-0.15, -0.1) is 6.58 Å². The second-order valence-electron chi connectivity index (χ2n) is 4.40. The van der Waals surface area contributed by atoms with Gasteiger partial charge in [0.2, 0.25) is 0 Å². The maximum atomic E-state index is 10.3. The fraction of sp³-hybridized carbons (Fsp3) is 0.467. The molecular weight excluding hydrogens is 196 g/mol. The van der Waals surface area contributed by atoms with Crippen LogP contribution in [0.3, 0.4) is 0 Å². The van der Waals surface area contributed by atoms with Gasteiger partial charge in [-0.3, -0.25) is 0 Å². The highest BCUT2D eigenvalue weighted by Gasteiger charge is 2.21. The molecule has 1 nitrogen and oxygen atoms in total. The molecule has 16 heavy (non-hydrogen) atoms. The average Bonchev–Trinajstić information content (AvgIpc) is 2.35. The minimum Gasteiger partial charge on any atom is -0.386 e. The van der Waals surface area contributed by atoms with Crippen molar-refractivity contribution < 1.29 is 5.11 Å². The lowest BCUT2D eigenvalue weighted by Crippen LogP contribution is -2.26. The van der Waals surface area contributed by atoms with Crippen LogP contribution < -0.4 is 0 Å². The van der Waals surface area contributed by atoms with Crippen LogP contribution in [0.25, 0.3) is 0 Å². The molecular formula is C15H22O. The van der Waals surface area contributed by atoms with Crippen LogP contribution in [0.2, 0.25) is 0 Å². The largest absolute Gasteiger partial charge is 0.386 e. The standard InChI is InChI=1S/C15H22O/c1-3-5-12-15(16,4-2)13-11-14-9-7-6-8-10-14/h4,6-10,16H,2-3,5,11-13H2,1H3. The van der Waals surface area contributed by atoms with Gasteiger partial charge < -0.3 is 5.11 Å². The van der Waals surface area contributed by atoms with Crippen LogP contribution in [-0.4, -0.2) is 10.7 Å². The van der Waals surface area contributed by atoms with Gasteiger partial charge in [0.1, 0.15) is 0 Å². The van der Waals surface area contributed by atoms with E-state index in [0.29, 0.717) is 0 Å². The van der Waals surface area contributed by atoms with Crippen molar-refractivity contribution in [2.75, 3.05) is 0 Å². The molecule has 0 amide bonds. The minimum atomic E-state index is -0.689. The second kappa shape index (κ2) is 6.49. The van der Waals surface area contributed by atoms with Gasteiger partial charge in [-0.1, -0.05) is 56.2 Å². The van der Waals surface area contributed by atoms with Gasteiger partial charge in [0.05, 0.1) is 5.60 Å². The van der Waals surface area contributed by atoms with Crippen LogP contribution in [-0.2, 0) is 6.42 Å². The third-order valence-electron chi connectivity index (χ3n) is 3.03. The lowest BCUT2D eigenvalue weighted by atomic mass is 9.90. The Labute approximate surface area is 98.8 Å². The Morgan fingerprint density at radius 1 is 1.25 bits per heavy atom. The van der Waals surface area contributed by atoms with Gasteiger partial charge in [-0.05, 0) is 24.8 Å². The zero-order valence-electron chi connectivity index (χ0n) is 10.2. The summed E-state index contributed by atoms with van der Waals surface area (Å²) >= 11 is 0. The van der Waals surface area contributed by atoms with Crippen LogP contribution >= 0.6 is 0 Å². The van der Waals surface area contributed by atoms with Crippen LogP contribution in [0.1, 0.15) is 38.2 Å². The summed E-state index contributed by atoms with van der Waals surface area (Å²) in [7, 11) is 0. The quantitative estimate of drug-likeness (QED) is 0.691. The van der Waals surface area contributed by atoms with E-state index in [4.69, 9.17) is 0 Å². The highest BCUT2D eigenvalue weighted by molar-refractivity contribution is 5.15. The maximum Gasteiger partial charge on any atom is 0.0828 e. The molecule has 1 unspecified atom stereocenters. The van der Waals surface area contributed by atoms with E-state index in [9.17, 15) is 5.11 Å². The molecule has 0 radical (unpaired) electrons. The van der Waals surface area contributed by atoms with Crippen molar-refractivity contribution in [1.82, 2.24) is 0 Å². The van der Waals surface area contributed by atoms with Crippen LogP contribution in [0.5, 0.6) is 0 Å². The Morgan fingerprint density at radius 3 is 2.50 bits per heavy atom. The van der Waals surface area contributed by atoms with Gasteiger partial charge in [0, 0.05) is 0 Å². The molecule has 0 heterocycles. The lowest BCUT2D eigenvalue weighted by Gasteiger charge is -2.24. The van der Waals surface area contributed by atoms with Gasteiger partial charge in [0.25, 0.3) is 0 Å². The topological polar surface area (TPSA) is 20.2 Å². The summed E-state index contributed by atoms with van der Waals surface area (Å²) in [5, 5.41) is 10.3. The SMILES string of the molecule is C=CC(O)(CCCC)CCc1ccccc1. The Balaban J connectivity index is 2.48. The first-order valence-corrected chi connectivity index (χ1v) is 6.10. The monoisotopic (exact) mass is 218 g/mol. The third-order valence-corrected chi connectivity index (χ3v) is 3.03. The number of aliphatic hydroxyl groups is 1. The molecule has 0 saturated carbocycles. The molecule has 0 aliphatic heterocycles. The molecule has 0 aromatic heterocycles. The van der Waals surface area contributed by atoms with E-state index in [1.165, 1.54) is 5.56 Å². The summed E-state index contributed by atoms with van der Waals surface area (Å²) in [6.07, 6.45) is 6.36. The van der Waals surface area contributed by atoms with Crippen molar-refractivity contribution in [3.05, 3.63) is 48.6 Å². The number of rotatable bonds is 7. The van der Waals surface area contributed by atoms with E-state index in [2.05, 4.69) is 25.6 Å². The first kappa shape index (κ1) is 13.0. The van der Waals surface area contributed by atoms with E-state index >= 15 is 0 Å². The van der Waals surface area contributed by atoms with Crippen LogP contribution in [0.4, 0.5) is 0 Å². The molecule has 0 saturated heterocycles. The zero-order chi connectivity index (χ0) is 11.9. The summed E-state index contributed by atoms with van der Waals surface area (Å²) in [5.41, 5.74) is 0.588. The highest BCUT2D eigenvalue weighted by Crippen LogP contribution is 2.22. The van der Waals surface area contributed by atoms with Crippen LogP contribution in [0.15, 0.2) is 43.0 Å². The van der Waals surface area contributed by atoms with Gasteiger partial charge >= 0.3 is 0 Å². The Morgan fingerprint density at radius 2 is 1.94 bits per heavy atom. The Kier molecular flexibility index (Phi) is 5.27. The van der Waals surface area contributed by atoms with Crippen molar-refractivity contribution in [2.45, 2.75) is 44.6 Å². The van der Waals surface area contributed by atoms with E-state index in [1.807, 2.05) is 18.2 Å². The highest BCUT2D eigenvalue weighted by atomic mass is 16.3. The lowest BCUT2D eigenvalue weighted by molar-refractivity contribution is 0.0704. The molecule has 1 rings (SSSR count). The average molecular weight is 218 g/mol. The normalized spacial score (nSPS) is 14.4. The minimum absolute atomic E-state index is 0.689. The molecule has 1 N–H and O–H groups in total. The fourth-order valence-corrected chi connectivity index (χ4v) is 1.82. The van der Waals surface area contributed by atoms with E-state index in [0.717, 1.165) is 32.1 Å². The smallest absolute Gasteiger partial charge is 0.0828 e. The third kappa shape index (κ3) is 4.19. The van der Waals surface area contributed by atoms with E-state index in [-0.39, 0.29) is 0 Å². The zero-order valence-corrected chi connectivity index (χ0v) is 10.2. The summed E-state index contributed by atoms with van der Waals surface area (Å²) < 4.78 is 0. The Hall–Kier alpha value is -1.08. The first-order chi connectivity index (χ1) is 7.70. The predicted octanol–water partition coefficient (Wildman–Crippen LogP) is 3.73. The number of aryl methyl sites for hydroxylation is 1. The molecule has 0 spiro atoms. The van der Waals surface area contributed by atoms with E-state index < -0.39 is 5.60 Å². The van der Waals surface area contributed by atoms with Gasteiger partial charge in [0.15, 0.2) is 0 Å². The molecule has 0 aliphatic rings. The molecule has 0 aliphatic carbocycles. The summed E-state index contributed by atoms with van der Waals surface area (Å²) in [6, 6.07) is 10.3. The molecule has 1 aromatic carbocycles. The number of hydrogen-bond acceptors (Lipinski definition) is 1. The molecule has 1 atom stereocenters. The number of unbranched alkanes of at least 4 members (excludes halogenated alkanes) is 1.